The van der Waals surface area contributed by atoms with Crippen molar-refractivity contribution < 1.29 is 14.3 Å². The Morgan fingerprint density at radius 3 is 2.12 bits per heavy atom. The highest BCUT2D eigenvalue weighted by Crippen LogP contribution is 2.56. The molecule has 2 bridgehead atoms. The first-order valence-electron chi connectivity index (χ1n) is 8.68. The molecule has 0 saturated heterocycles. The van der Waals surface area contributed by atoms with Gasteiger partial charge in [-0.1, -0.05) is 18.2 Å². The molecule has 3 aliphatic carbocycles. The molecule has 24 heavy (non-hydrogen) atoms. The monoisotopic (exact) mass is 318 g/mol. The summed E-state index contributed by atoms with van der Waals surface area (Å²) in [4.78, 5) is 25.9. The van der Waals surface area contributed by atoms with Crippen LogP contribution in [0.1, 0.15) is 40.0 Å². The average Bonchev–Trinajstić information content (AvgIpc) is 3.22. The van der Waals surface area contributed by atoms with E-state index < -0.39 is 0 Å². The molecule has 0 spiro atoms. The first kappa shape index (κ1) is 14.0. The summed E-state index contributed by atoms with van der Waals surface area (Å²) in [6.07, 6.45) is 3.25. The lowest BCUT2D eigenvalue weighted by molar-refractivity contribution is 0.0660. The van der Waals surface area contributed by atoms with Crippen LogP contribution in [0, 0.1) is 23.7 Å². The van der Waals surface area contributed by atoms with E-state index >= 15 is 0 Å². The van der Waals surface area contributed by atoms with E-state index in [1.807, 2.05) is 30.3 Å². The number of carbonyl (C=O) groups excluding carboxylic acids is 2. The van der Waals surface area contributed by atoms with E-state index in [4.69, 9.17) is 4.74 Å². The lowest BCUT2D eigenvalue weighted by atomic mass is 9.67. The smallest absolute Gasteiger partial charge is 0.167 e. The van der Waals surface area contributed by atoms with Gasteiger partial charge in [-0.05, 0) is 61.4 Å². The minimum atomic E-state index is -0.0873. The molecule has 3 nitrogen and oxygen atoms in total. The van der Waals surface area contributed by atoms with Gasteiger partial charge in [0.25, 0.3) is 0 Å². The molecule has 0 amide bonds. The van der Waals surface area contributed by atoms with E-state index in [-0.39, 0.29) is 23.4 Å². The highest BCUT2D eigenvalue weighted by molar-refractivity contribution is 6.16. The second kappa shape index (κ2) is 5.04. The van der Waals surface area contributed by atoms with Crippen molar-refractivity contribution in [3.8, 4) is 11.5 Å². The number of benzene rings is 2. The lowest BCUT2D eigenvalue weighted by Crippen LogP contribution is -2.40. The first-order chi connectivity index (χ1) is 11.7. The zero-order valence-corrected chi connectivity index (χ0v) is 13.3. The number of fused-ring (bicyclic) bond motifs is 6. The summed E-state index contributed by atoms with van der Waals surface area (Å²) in [7, 11) is 0. The maximum atomic E-state index is 13.0. The van der Waals surface area contributed by atoms with Gasteiger partial charge in [0, 0.05) is 23.0 Å². The Bertz CT molecular complexity index is 839. The van der Waals surface area contributed by atoms with Crippen molar-refractivity contribution >= 4 is 11.6 Å². The molecule has 3 aliphatic rings. The molecule has 0 aromatic heterocycles. The van der Waals surface area contributed by atoms with Crippen LogP contribution < -0.4 is 4.74 Å². The van der Waals surface area contributed by atoms with Gasteiger partial charge in [-0.25, -0.2) is 0 Å². The maximum Gasteiger partial charge on any atom is 0.167 e. The third-order valence-electron chi connectivity index (χ3n) is 6.02. The van der Waals surface area contributed by atoms with Gasteiger partial charge in [0.1, 0.15) is 11.5 Å². The fourth-order valence-corrected chi connectivity index (χ4v) is 5.04. The van der Waals surface area contributed by atoms with Gasteiger partial charge in [0.2, 0.25) is 0 Å². The van der Waals surface area contributed by atoms with Crippen molar-refractivity contribution in [2.75, 3.05) is 0 Å². The molecule has 0 radical (unpaired) electrons. The summed E-state index contributed by atoms with van der Waals surface area (Å²) in [5.41, 5.74) is 1.15. The van der Waals surface area contributed by atoms with Gasteiger partial charge in [-0.15, -0.1) is 0 Å². The predicted octanol–water partition coefficient (Wildman–Crippen LogP) is 4.52. The third-order valence-corrected chi connectivity index (χ3v) is 6.02. The molecule has 2 aromatic rings. The van der Waals surface area contributed by atoms with Crippen molar-refractivity contribution in [1.82, 2.24) is 0 Å². The van der Waals surface area contributed by atoms with Gasteiger partial charge in [-0.3, -0.25) is 9.59 Å². The number of carbonyl (C=O) groups is 2. The van der Waals surface area contributed by atoms with E-state index in [1.54, 1.807) is 18.2 Å². The average molecular weight is 318 g/mol. The number of ketones is 2. The Kier molecular flexibility index (Phi) is 2.93. The normalized spacial score (nSPS) is 30.2. The van der Waals surface area contributed by atoms with Crippen LogP contribution >= 0.6 is 0 Å². The Morgan fingerprint density at radius 1 is 0.750 bits per heavy atom. The summed E-state index contributed by atoms with van der Waals surface area (Å²) in [6, 6.07) is 14.8. The van der Waals surface area contributed by atoms with E-state index in [0.717, 1.165) is 25.0 Å². The Morgan fingerprint density at radius 2 is 1.42 bits per heavy atom. The predicted molar refractivity (Wildman–Crippen MR) is 89.4 cm³/mol. The Labute approximate surface area is 140 Å². The zero-order valence-electron chi connectivity index (χ0n) is 13.3. The molecule has 4 unspecified atom stereocenters. The summed E-state index contributed by atoms with van der Waals surface area (Å²) in [5.74, 6) is 2.34. The fourth-order valence-electron chi connectivity index (χ4n) is 5.04. The summed E-state index contributed by atoms with van der Waals surface area (Å²) < 4.78 is 5.84. The Balaban J connectivity index is 1.53. The summed E-state index contributed by atoms with van der Waals surface area (Å²) in [5, 5.41) is 0. The SMILES string of the molecule is O=C1c2ccc(Oc3ccccc3)cc2C(=O)C2C3CCC(C3)C12. The lowest BCUT2D eigenvalue weighted by Gasteiger charge is -2.33. The van der Waals surface area contributed by atoms with E-state index in [2.05, 4.69) is 0 Å². The molecule has 0 aliphatic heterocycles. The van der Waals surface area contributed by atoms with Crippen LogP contribution in [0.15, 0.2) is 48.5 Å². The highest BCUT2D eigenvalue weighted by atomic mass is 16.5. The van der Waals surface area contributed by atoms with E-state index in [9.17, 15) is 9.59 Å². The topological polar surface area (TPSA) is 43.4 Å². The third kappa shape index (κ3) is 1.90. The molecular formula is C21H18O3. The van der Waals surface area contributed by atoms with Crippen molar-refractivity contribution in [1.29, 1.82) is 0 Å². The van der Waals surface area contributed by atoms with Crippen molar-refractivity contribution in [3.63, 3.8) is 0 Å². The first-order valence-corrected chi connectivity index (χ1v) is 8.68. The zero-order chi connectivity index (χ0) is 16.3. The highest BCUT2D eigenvalue weighted by Gasteiger charge is 2.56. The summed E-state index contributed by atoms with van der Waals surface area (Å²) >= 11 is 0. The van der Waals surface area contributed by atoms with Gasteiger partial charge < -0.3 is 4.74 Å². The van der Waals surface area contributed by atoms with Crippen LogP contribution in [0.3, 0.4) is 0 Å². The number of ether oxygens (including phenoxy) is 1. The van der Waals surface area contributed by atoms with E-state index in [0.29, 0.717) is 28.7 Å². The van der Waals surface area contributed by atoms with Crippen LogP contribution in [-0.4, -0.2) is 11.6 Å². The van der Waals surface area contributed by atoms with Crippen LogP contribution in [-0.2, 0) is 0 Å². The molecule has 4 atom stereocenters. The van der Waals surface area contributed by atoms with Crippen molar-refractivity contribution in [2.24, 2.45) is 23.7 Å². The standard InChI is InChI=1S/C21H18O3/c22-20-16-9-8-15(24-14-4-2-1-3-5-14)11-17(16)21(23)19-13-7-6-12(10-13)18(19)20/h1-5,8-9,11-13,18-19H,6-7,10H2. The van der Waals surface area contributed by atoms with Crippen LogP contribution in [0.2, 0.25) is 0 Å². The molecule has 2 saturated carbocycles. The molecule has 0 heterocycles. The van der Waals surface area contributed by atoms with Crippen LogP contribution in [0.4, 0.5) is 0 Å². The molecule has 5 rings (SSSR count). The summed E-state index contributed by atoms with van der Waals surface area (Å²) in [6.45, 7) is 0. The molecule has 3 heteroatoms. The van der Waals surface area contributed by atoms with Crippen molar-refractivity contribution in [3.05, 3.63) is 59.7 Å². The quantitative estimate of drug-likeness (QED) is 0.817. The maximum absolute atomic E-state index is 13.0. The second-order valence-corrected chi connectivity index (χ2v) is 7.24. The number of hydrogen-bond acceptors (Lipinski definition) is 3. The second-order valence-electron chi connectivity index (χ2n) is 7.24. The minimum Gasteiger partial charge on any atom is -0.457 e. The number of Topliss-reactive ketones (excluding diaryl/α,β-unsaturated/α-hetero) is 2. The van der Waals surface area contributed by atoms with Gasteiger partial charge in [0.15, 0.2) is 11.6 Å². The number of para-hydroxylation sites is 1. The van der Waals surface area contributed by atoms with Gasteiger partial charge in [-0.2, -0.15) is 0 Å². The van der Waals surface area contributed by atoms with Crippen LogP contribution in [0.25, 0.3) is 0 Å². The van der Waals surface area contributed by atoms with Crippen LogP contribution in [0.5, 0.6) is 11.5 Å². The molecule has 0 N–H and O–H groups in total. The molecular weight excluding hydrogens is 300 g/mol. The fraction of sp³-hybridized carbons (Fsp3) is 0.333. The van der Waals surface area contributed by atoms with Gasteiger partial charge in [0.05, 0.1) is 0 Å². The minimum absolute atomic E-state index is 0.0651. The Hall–Kier alpha value is -2.42. The molecule has 120 valence electrons. The number of rotatable bonds is 2. The molecule has 2 aromatic carbocycles. The molecule has 2 fully saturated rings. The van der Waals surface area contributed by atoms with E-state index in [1.165, 1.54) is 0 Å². The van der Waals surface area contributed by atoms with Gasteiger partial charge >= 0.3 is 0 Å². The van der Waals surface area contributed by atoms with Crippen molar-refractivity contribution in [2.45, 2.75) is 19.3 Å². The largest absolute Gasteiger partial charge is 0.457 e. The number of hydrogen-bond donors (Lipinski definition) is 0.